The van der Waals surface area contributed by atoms with Crippen LogP contribution in [0.5, 0.6) is 0 Å². The standard InChI is InChI=1S/C4H6O2.C3H7.Na/c1-3(2)4(5)6;1-3-2;/h1H2,2H3,(H,5,6);1,3H2,2H3;/q;-1;+1. The Labute approximate surface area is 84.6 Å². The van der Waals surface area contributed by atoms with Crippen molar-refractivity contribution in [2.75, 3.05) is 0 Å². The summed E-state index contributed by atoms with van der Waals surface area (Å²) in [6.45, 7) is 10.1. The second kappa shape index (κ2) is 11.9. The fourth-order valence-electron chi connectivity index (χ4n) is 0. The first kappa shape index (κ1) is 16.7. The normalized spacial score (nSPS) is 6.30. The van der Waals surface area contributed by atoms with E-state index in [0.29, 0.717) is 0 Å². The number of carboxylic acid groups (broad SMARTS) is 1. The summed E-state index contributed by atoms with van der Waals surface area (Å²) in [5.74, 6) is -0.935. The van der Waals surface area contributed by atoms with Gasteiger partial charge >= 0.3 is 35.5 Å². The van der Waals surface area contributed by atoms with E-state index in [4.69, 9.17) is 5.11 Å². The molecular weight excluding hydrogens is 139 g/mol. The van der Waals surface area contributed by atoms with Gasteiger partial charge in [-0.3, -0.25) is 0 Å². The number of carboxylic acids is 1. The monoisotopic (exact) mass is 152 g/mol. The fourth-order valence-corrected chi connectivity index (χ4v) is 0. The Hall–Kier alpha value is 0.210. The van der Waals surface area contributed by atoms with Gasteiger partial charge in [-0.25, -0.2) is 4.79 Å². The Balaban J connectivity index is -0.000000107. The van der Waals surface area contributed by atoms with E-state index in [1.54, 1.807) is 0 Å². The third kappa shape index (κ3) is 24.1. The first-order chi connectivity index (χ1) is 4.06. The first-order valence-corrected chi connectivity index (χ1v) is 2.74. The zero-order valence-corrected chi connectivity index (χ0v) is 8.98. The van der Waals surface area contributed by atoms with E-state index in [0.717, 1.165) is 6.42 Å². The van der Waals surface area contributed by atoms with E-state index >= 15 is 0 Å². The van der Waals surface area contributed by atoms with Gasteiger partial charge in [-0.1, -0.05) is 13.5 Å². The predicted molar refractivity (Wildman–Crippen MR) is 38.1 cm³/mol. The second-order valence-electron chi connectivity index (χ2n) is 1.59. The number of hydrogen-bond acceptors (Lipinski definition) is 1. The molecule has 10 heavy (non-hydrogen) atoms. The average Bonchev–Trinajstić information content (AvgIpc) is 1.68. The molecule has 0 bridgehead atoms. The van der Waals surface area contributed by atoms with E-state index in [1.165, 1.54) is 6.92 Å². The molecule has 0 aliphatic heterocycles. The summed E-state index contributed by atoms with van der Waals surface area (Å²) in [6, 6.07) is 0. The number of hydrogen-bond donors (Lipinski definition) is 1. The van der Waals surface area contributed by atoms with E-state index in [9.17, 15) is 4.79 Å². The molecule has 0 saturated carbocycles. The van der Waals surface area contributed by atoms with Crippen LogP contribution in [0.4, 0.5) is 0 Å². The van der Waals surface area contributed by atoms with Crippen LogP contribution in [0.1, 0.15) is 20.3 Å². The third-order valence-corrected chi connectivity index (χ3v) is 0.365. The smallest absolute Gasteiger partial charge is 0.478 e. The molecule has 0 aromatic heterocycles. The maximum Gasteiger partial charge on any atom is 1.00 e. The molecule has 3 heteroatoms. The minimum Gasteiger partial charge on any atom is -0.478 e. The summed E-state index contributed by atoms with van der Waals surface area (Å²) < 4.78 is 0. The van der Waals surface area contributed by atoms with Crippen molar-refractivity contribution >= 4 is 5.97 Å². The fraction of sp³-hybridized carbons (Fsp3) is 0.429. The van der Waals surface area contributed by atoms with Crippen LogP contribution in [0.2, 0.25) is 0 Å². The van der Waals surface area contributed by atoms with Crippen molar-refractivity contribution in [1.29, 1.82) is 0 Å². The minimum absolute atomic E-state index is 0. The molecule has 1 N–H and O–H groups in total. The topological polar surface area (TPSA) is 37.3 Å². The van der Waals surface area contributed by atoms with Crippen molar-refractivity contribution in [3.8, 4) is 0 Å². The van der Waals surface area contributed by atoms with Gasteiger partial charge in [0.15, 0.2) is 0 Å². The minimum atomic E-state index is -0.935. The van der Waals surface area contributed by atoms with Crippen molar-refractivity contribution in [3.05, 3.63) is 19.1 Å². The molecule has 0 amide bonds. The maximum atomic E-state index is 9.60. The molecule has 0 aromatic carbocycles. The first-order valence-electron chi connectivity index (χ1n) is 2.74. The molecule has 0 unspecified atom stereocenters. The Morgan fingerprint density at radius 1 is 1.70 bits per heavy atom. The summed E-state index contributed by atoms with van der Waals surface area (Å²) in [5, 5.41) is 7.89. The van der Waals surface area contributed by atoms with Crippen LogP contribution in [-0.4, -0.2) is 11.1 Å². The molecule has 0 heterocycles. The molecule has 0 fully saturated rings. The van der Waals surface area contributed by atoms with Crippen molar-refractivity contribution in [2.24, 2.45) is 0 Å². The summed E-state index contributed by atoms with van der Waals surface area (Å²) in [6.07, 6.45) is 1.00. The number of carbonyl (C=O) groups is 1. The predicted octanol–water partition coefficient (Wildman–Crippen LogP) is -1.12. The largest absolute Gasteiger partial charge is 1.00 e. The van der Waals surface area contributed by atoms with Crippen LogP contribution in [0.15, 0.2) is 12.2 Å². The molecule has 0 aliphatic carbocycles. The second-order valence-corrected chi connectivity index (χ2v) is 1.59. The van der Waals surface area contributed by atoms with Crippen LogP contribution in [0.3, 0.4) is 0 Å². The van der Waals surface area contributed by atoms with Gasteiger partial charge in [-0.2, -0.15) is 6.42 Å². The molecule has 0 aliphatic rings. The molecule has 0 atom stereocenters. The molecule has 0 aromatic rings. The Morgan fingerprint density at radius 2 is 1.80 bits per heavy atom. The third-order valence-electron chi connectivity index (χ3n) is 0.365. The maximum absolute atomic E-state index is 9.60. The quantitative estimate of drug-likeness (QED) is 0.293. The number of aliphatic carboxylic acids is 1. The molecule has 54 valence electrons. The van der Waals surface area contributed by atoms with Crippen LogP contribution in [-0.2, 0) is 4.79 Å². The van der Waals surface area contributed by atoms with Gasteiger partial charge in [0, 0.05) is 5.57 Å². The van der Waals surface area contributed by atoms with Gasteiger partial charge < -0.3 is 12.0 Å². The van der Waals surface area contributed by atoms with Crippen LogP contribution in [0, 0.1) is 6.92 Å². The van der Waals surface area contributed by atoms with E-state index in [1.807, 2.05) is 6.92 Å². The van der Waals surface area contributed by atoms with Gasteiger partial charge in [0.2, 0.25) is 0 Å². The van der Waals surface area contributed by atoms with Gasteiger partial charge in [-0.05, 0) is 6.92 Å². The van der Waals surface area contributed by atoms with Gasteiger partial charge in [0.05, 0.1) is 0 Å². The Morgan fingerprint density at radius 3 is 1.80 bits per heavy atom. The average molecular weight is 152 g/mol. The molecular formula is C7H13NaO2. The van der Waals surface area contributed by atoms with Crippen molar-refractivity contribution < 1.29 is 39.5 Å². The van der Waals surface area contributed by atoms with E-state index in [-0.39, 0.29) is 35.1 Å². The van der Waals surface area contributed by atoms with Gasteiger partial charge in [0.1, 0.15) is 0 Å². The molecule has 0 rings (SSSR count). The van der Waals surface area contributed by atoms with Crippen molar-refractivity contribution in [3.63, 3.8) is 0 Å². The molecule has 0 spiro atoms. The van der Waals surface area contributed by atoms with Crippen molar-refractivity contribution in [2.45, 2.75) is 20.3 Å². The Bertz CT molecular complexity index is 87.8. The number of rotatable bonds is 1. The SMILES string of the molecule is C=C(C)C(=O)O.[CH2-]CC.[Na+]. The van der Waals surface area contributed by atoms with Crippen LogP contribution < -0.4 is 29.6 Å². The molecule has 2 nitrogen and oxygen atoms in total. The van der Waals surface area contributed by atoms with Crippen LogP contribution in [0.25, 0.3) is 0 Å². The summed E-state index contributed by atoms with van der Waals surface area (Å²) in [4.78, 5) is 9.60. The van der Waals surface area contributed by atoms with E-state index < -0.39 is 5.97 Å². The molecule has 0 radical (unpaired) electrons. The zero-order valence-electron chi connectivity index (χ0n) is 6.98. The van der Waals surface area contributed by atoms with E-state index in [2.05, 4.69) is 13.5 Å². The van der Waals surface area contributed by atoms with Gasteiger partial charge in [0.25, 0.3) is 0 Å². The summed E-state index contributed by atoms with van der Waals surface area (Å²) in [5.41, 5.74) is 0.176. The van der Waals surface area contributed by atoms with Crippen molar-refractivity contribution in [1.82, 2.24) is 0 Å². The van der Waals surface area contributed by atoms with Crippen LogP contribution >= 0.6 is 0 Å². The van der Waals surface area contributed by atoms with Gasteiger partial charge in [-0.15, -0.1) is 0 Å². The summed E-state index contributed by atoms with van der Waals surface area (Å²) in [7, 11) is 0. The Kier molecular flexibility index (Phi) is 19.9. The summed E-state index contributed by atoms with van der Waals surface area (Å²) >= 11 is 0. The molecule has 0 saturated heterocycles. The zero-order chi connectivity index (χ0) is 7.86.